The van der Waals surface area contributed by atoms with Gasteiger partial charge >= 0.3 is 0 Å². The molecule has 1 rings (SSSR count). The minimum atomic E-state index is -0.233. The predicted octanol–water partition coefficient (Wildman–Crippen LogP) is 3.45. The van der Waals surface area contributed by atoms with Gasteiger partial charge in [-0.25, -0.2) is 0 Å². The molecule has 0 radical (unpaired) electrons. The fraction of sp³-hybridized carbons (Fsp3) is 0.692. The highest BCUT2D eigenvalue weighted by atomic mass is 16.3. The summed E-state index contributed by atoms with van der Waals surface area (Å²) in [6.07, 6.45) is 5.90. The highest BCUT2D eigenvalue weighted by molar-refractivity contribution is 5.18. The van der Waals surface area contributed by atoms with Crippen LogP contribution in [0.4, 0.5) is 0 Å². The lowest BCUT2D eigenvalue weighted by Crippen LogP contribution is -2.35. The lowest BCUT2D eigenvalue weighted by molar-refractivity contribution is 0.0291. The number of hydrogen-bond donors (Lipinski definition) is 1. The van der Waals surface area contributed by atoms with E-state index in [2.05, 4.69) is 20.4 Å². The second kappa shape index (κ2) is 4.31. The summed E-state index contributed by atoms with van der Waals surface area (Å²) in [5, 5.41) is 9.89. The molecular weight excluding hydrogens is 172 g/mol. The third kappa shape index (κ3) is 2.09. The van der Waals surface area contributed by atoms with Gasteiger partial charge in [-0.2, -0.15) is 0 Å². The molecular formula is C13H22O. The first kappa shape index (κ1) is 11.5. The van der Waals surface area contributed by atoms with E-state index in [1.807, 2.05) is 13.0 Å². The van der Waals surface area contributed by atoms with Gasteiger partial charge < -0.3 is 5.11 Å². The van der Waals surface area contributed by atoms with Crippen LogP contribution >= 0.6 is 0 Å². The van der Waals surface area contributed by atoms with Gasteiger partial charge in [-0.15, -0.1) is 6.58 Å². The number of aliphatic hydroxyl groups is 1. The largest absolute Gasteiger partial charge is 0.393 e. The third-order valence-electron chi connectivity index (χ3n) is 3.78. The Morgan fingerprint density at radius 1 is 1.50 bits per heavy atom. The van der Waals surface area contributed by atoms with E-state index in [1.165, 1.54) is 11.1 Å². The highest BCUT2D eigenvalue weighted by Gasteiger charge is 2.36. The van der Waals surface area contributed by atoms with Crippen LogP contribution in [0.25, 0.3) is 0 Å². The van der Waals surface area contributed by atoms with Crippen molar-refractivity contribution >= 4 is 0 Å². The Hall–Kier alpha value is -0.560. The molecule has 2 atom stereocenters. The average molecular weight is 194 g/mol. The molecule has 0 saturated heterocycles. The molecule has 1 N–H and O–H groups in total. The summed E-state index contributed by atoms with van der Waals surface area (Å²) in [7, 11) is 0. The van der Waals surface area contributed by atoms with Crippen molar-refractivity contribution < 1.29 is 5.11 Å². The van der Waals surface area contributed by atoms with E-state index >= 15 is 0 Å². The smallest absolute Gasteiger partial charge is 0.0574 e. The molecule has 1 aliphatic rings. The fourth-order valence-electron chi connectivity index (χ4n) is 2.41. The van der Waals surface area contributed by atoms with Gasteiger partial charge in [0.05, 0.1) is 6.10 Å². The van der Waals surface area contributed by atoms with Gasteiger partial charge in [0.15, 0.2) is 0 Å². The van der Waals surface area contributed by atoms with Gasteiger partial charge in [-0.3, -0.25) is 0 Å². The molecule has 1 aliphatic carbocycles. The standard InChI is InChI=1S/C13H22O/c1-5-7-13(12(4)14)8-6-10(2)11(3)9-13/h5,12,14H,1,6-9H2,2-4H3/t12-,13-/m0/s1. The SMILES string of the molecule is C=CC[C@]1([C@H](C)O)CCC(C)=C(C)C1. The van der Waals surface area contributed by atoms with Gasteiger partial charge in [-0.1, -0.05) is 17.2 Å². The molecule has 0 aliphatic heterocycles. The second-order valence-corrected chi connectivity index (χ2v) is 4.77. The molecule has 0 saturated carbocycles. The summed E-state index contributed by atoms with van der Waals surface area (Å²) < 4.78 is 0. The van der Waals surface area contributed by atoms with Gasteiger partial charge in [-0.05, 0) is 46.5 Å². The Morgan fingerprint density at radius 3 is 2.57 bits per heavy atom. The first-order chi connectivity index (χ1) is 6.52. The van der Waals surface area contributed by atoms with E-state index in [1.54, 1.807) is 0 Å². The maximum absolute atomic E-state index is 9.89. The van der Waals surface area contributed by atoms with Gasteiger partial charge in [0, 0.05) is 5.41 Å². The van der Waals surface area contributed by atoms with Crippen LogP contribution in [0.1, 0.15) is 46.5 Å². The second-order valence-electron chi connectivity index (χ2n) is 4.77. The number of aliphatic hydroxyl groups excluding tert-OH is 1. The zero-order valence-electron chi connectivity index (χ0n) is 9.64. The van der Waals surface area contributed by atoms with E-state index in [0.29, 0.717) is 0 Å². The lowest BCUT2D eigenvalue weighted by Gasteiger charge is -2.40. The Balaban J connectivity index is 2.87. The van der Waals surface area contributed by atoms with E-state index < -0.39 is 0 Å². The van der Waals surface area contributed by atoms with Crippen molar-refractivity contribution in [2.75, 3.05) is 0 Å². The van der Waals surface area contributed by atoms with Crippen molar-refractivity contribution in [3.8, 4) is 0 Å². The number of hydrogen-bond acceptors (Lipinski definition) is 1. The molecule has 0 spiro atoms. The van der Waals surface area contributed by atoms with Crippen LogP contribution in [0.2, 0.25) is 0 Å². The monoisotopic (exact) mass is 194 g/mol. The molecule has 0 amide bonds. The molecule has 0 aromatic rings. The van der Waals surface area contributed by atoms with Crippen molar-refractivity contribution in [3.05, 3.63) is 23.8 Å². The Morgan fingerprint density at radius 2 is 2.14 bits per heavy atom. The molecule has 14 heavy (non-hydrogen) atoms. The quantitative estimate of drug-likeness (QED) is 0.682. The zero-order chi connectivity index (χ0) is 10.8. The van der Waals surface area contributed by atoms with Crippen molar-refractivity contribution in [3.63, 3.8) is 0 Å². The first-order valence-electron chi connectivity index (χ1n) is 5.46. The van der Waals surface area contributed by atoms with E-state index in [-0.39, 0.29) is 11.5 Å². The Bertz CT molecular complexity index is 250. The summed E-state index contributed by atoms with van der Waals surface area (Å²) in [6.45, 7) is 10.1. The molecule has 80 valence electrons. The summed E-state index contributed by atoms with van der Waals surface area (Å²) in [5.74, 6) is 0. The van der Waals surface area contributed by atoms with E-state index in [9.17, 15) is 5.11 Å². The molecule has 0 aromatic heterocycles. The van der Waals surface area contributed by atoms with E-state index in [4.69, 9.17) is 0 Å². The molecule has 0 heterocycles. The van der Waals surface area contributed by atoms with Crippen molar-refractivity contribution in [2.24, 2.45) is 5.41 Å². The van der Waals surface area contributed by atoms with Crippen LogP contribution in [0.3, 0.4) is 0 Å². The van der Waals surface area contributed by atoms with Crippen LogP contribution < -0.4 is 0 Å². The molecule has 0 unspecified atom stereocenters. The molecule has 0 fully saturated rings. The maximum atomic E-state index is 9.89. The summed E-state index contributed by atoms with van der Waals surface area (Å²) in [5.41, 5.74) is 3.02. The van der Waals surface area contributed by atoms with E-state index in [0.717, 1.165) is 25.7 Å². The van der Waals surface area contributed by atoms with Gasteiger partial charge in [0.1, 0.15) is 0 Å². The third-order valence-corrected chi connectivity index (χ3v) is 3.78. The minimum Gasteiger partial charge on any atom is -0.393 e. The molecule has 0 bridgehead atoms. The summed E-state index contributed by atoms with van der Waals surface area (Å²) in [4.78, 5) is 0. The highest BCUT2D eigenvalue weighted by Crippen LogP contribution is 2.44. The van der Waals surface area contributed by atoms with Crippen LogP contribution in [0, 0.1) is 5.41 Å². The van der Waals surface area contributed by atoms with Crippen LogP contribution in [0.5, 0.6) is 0 Å². The lowest BCUT2D eigenvalue weighted by atomic mass is 9.67. The average Bonchev–Trinajstić information content (AvgIpc) is 2.12. The van der Waals surface area contributed by atoms with Gasteiger partial charge in [0.2, 0.25) is 0 Å². The summed E-state index contributed by atoms with van der Waals surface area (Å²) >= 11 is 0. The number of allylic oxidation sites excluding steroid dienone is 3. The van der Waals surface area contributed by atoms with Gasteiger partial charge in [0.25, 0.3) is 0 Å². The minimum absolute atomic E-state index is 0.0609. The van der Waals surface area contributed by atoms with Crippen LogP contribution in [0.15, 0.2) is 23.8 Å². The predicted molar refractivity (Wildman–Crippen MR) is 61.2 cm³/mol. The normalized spacial score (nSPS) is 30.3. The maximum Gasteiger partial charge on any atom is 0.0574 e. The first-order valence-corrected chi connectivity index (χ1v) is 5.46. The fourth-order valence-corrected chi connectivity index (χ4v) is 2.41. The zero-order valence-corrected chi connectivity index (χ0v) is 9.64. The molecule has 0 aromatic carbocycles. The summed E-state index contributed by atoms with van der Waals surface area (Å²) in [6, 6.07) is 0. The molecule has 1 heteroatoms. The van der Waals surface area contributed by atoms with Crippen molar-refractivity contribution in [2.45, 2.75) is 52.6 Å². The molecule has 1 nitrogen and oxygen atoms in total. The topological polar surface area (TPSA) is 20.2 Å². The number of rotatable bonds is 3. The van der Waals surface area contributed by atoms with Crippen molar-refractivity contribution in [1.82, 2.24) is 0 Å². The Kier molecular flexibility index (Phi) is 3.54. The van der Waals surface area contributed by atoms with Crippen molar-refractivity contribution in [1.29, 1.82) is 0 Å². The van der Waals surface area contributed by atoms with Crippen LogP contribution in [-0.4, -0.2) is 11.2 Å². The van der Waals surface area contributed by atoms with Crippen LogP contribution in [-0.2, 0) is 0 Å². The Labute approximate surface area is 87.5 Å².